The minimum Gasteiger partial charge on any atom is -0.485 e. The second kappa shape index (κ2) is 20.7. The highest BCUT2D eigenvalue weighted by atomic mass is 16.7. The van der Waals surface area contributed by atoms with E-state index in [1.54, 1.807) is 21.3 Å². The monoisotopic (exact) mass is 928 g/mol. The third kappa shape index (κ3) is 9.50. The molecule has 3 aliphatic heterocycles. The Morgan fingerprint density at radius 2 is 1.61 bits per heavy atom. The Hall–Kier alpha value is -3.73. The molecule has 17 atom stereocenters. The summed E-state index contributed by atoms with van der Waals surface area (Å²) in [7, 11) is 9.15. The Morgan fingerprint density at radius 3 is 2.33 bits per heavy atom. The SMILES string of the molecule is CC[C@H]1CCC[C@H](O[C@H]2CC[C@H](N(C)C)C(C)O2)[C@@H](C)C(=O)C2=C[C@H]3[C@@H]4C[C@H](OC5OC(C)C(OC)C(OC)C5OC)C[C@H]4c4c(nc5c(OCc6ccccc6)cccn45)[C@H]3[C@@H]2CC(=O)O1. The topological polar surface area (TPSA) is 138 Å². The minimum atomic E-state index is -0.695. The molecule has 14 nitrogen and oxygen atoms in total. The molecule has 6 unspecified atom stereocenters. The molecule has 0 spiro atoms. The van der Waals surface area contributed by atoms with Crippen molar-refractivity contribution in [2.24, 2.45) is 23.7 Å². The van der Waals surface area contributed by atoms with E-state index < -0.39 is 36.6 Å². The van der Waals surface area contributed by atoms with Gasteiger partial charge in [-0.05, 0) is 114 Å². The summed E-state index contributed by atoms with van der Waals surface area (Å²) >= 11 is 0. The van der Waals surface area contributed by atoms with Crippen molar-refractivity contribution in [3.8, 4) is 5.75 Å². The van der Waals surface area contributed by atoms with Crippen molar-refractivity contribution in [1.82, 2.24) is 14.3 Å². The van der Waals surface area contributed by atoms with Crippen LogP contribution < -0.4 is 4.74 Å². The number of aromatic nitrogens is 2. The predicted molar refractivity (Wildman–Crippen MR) is 250 cm³/mol. The number of carbonyl (C=O) groups is 2. The van der Waals surface area contributed by atoms with E-state index in [2.05, 4.69) is 49.5 Å². The van der Waals surface area contributed by atoms with E-state index in [1.165, 1.54) is 0 Å². The Kier molecular flexibility index (Phi) is 14.9. The van der Waals surface area contributed by atoms with Gasteiger partial charge in [0.1, 0.15) is 31.0 Å². The zero-order valence-corrected chi connectivity index (χ0v) is 40.9. The molecule has 6 aliphatic rings. The van der Waals surface area contributed by atoms with Gasteiger partial charge in [0.2, 0.25) is 0 Å². The number of nitrogens with zero attached hydrogens (tertiary/aromatic N) is 3. The number of ether oxygens (including phenoxy) is 9. The maximum absolute atomic E-state index is 15.4. The zero-order valence-electron chi connectivity index (χ0n) is 40.9. The Labute approximate surface area is 396 Å². The van der Waals surface area contributed by atoms with Gasteiger partial charge in [0.05, 0.1) is 36.5 Å². The lowest BCUT2D eigenvalue weighted by Gasteiger charge is -2.44. The Balaban J connectivity index is 1.09. The number of allylic oxidation sites excluding steroid dienone is 2. The first kappa shape index (κ1) is 48.3. The smallest absolute Gasteiger partial charge is 0.306 e. The highest BCUT2D eigenvalue weighted by Gasteiger charge is 2.57. The molecule has 0 bridgehead atoms. The van der Waals surface area contributed by atoms with Gasteiger partial charge in [-0.15, -0.1) is 0 Å². The first-order chi connectivity index (χ1) is 32.4. The predicted octanol–water partition coefficient (Wildman–Crippen LogP) is 7.79. The number of cyclic esters (lactones) is 1. The number of methoxy groups -OCH3 is 3. The van der Waals surface area contributed by atoms with Gasteiger partial charge in [0, 0.05) is 62.9 Å². The standard InChI is InChI=1S/C53H73N3O11/c1-10-33-18-14-19-41(67-44-22-21-40(55(5)6)30(3)63-44)29(2)48(58)39-26-36-35-24-34(66-53-51(61-9)50(60-8)49(59-7)31(4)64-53)25-38(35)47-46(45(36)37(39)27-43(57)65-33)54-52-42(20-15-23-56(47)52)62-28-32-16-12-11-13-17-32/h11-13,15-17,20,23,26,29-31,33-38,40-41,44-45,49-51,53H,10,14,18-19,21-22,24-25,27-28H2,1-9H3/t29-,30?,31?,33+,34+,35+,36+,37-,38-,40+,41+,44+,45-,49?,50?,51?,53?/m1/s1. The second-order valence-corrected chi connectivity index (χ2v) is 20.2. The van der Waals surface area contributed by atoms with Gasteiger partial charge in [0.15, 0.2) is 29.8 Å². The maximum atomic E-state index is 15.4. The molecular formula is C53H73N3O11. The number of carbonyl (C=O) groups excluding carboxylic acids is 2. The molecule has 1 aromatic carbocycles. The molecular weight excluding hydrogens is 855 g/mol. The third-order valence-corrected chi connectivity index (χ3v) is 16.1. The molecule has 3 aliphatic carbocycles. The summed E-state index contributed by atoms with van der Waals surface area (Å²) < 4.78 is 59.6. The molecule has 5 heterocycles. The van der Waals surface area contributed by atoms with Crippen LogP contribution in [0.5, 0.6) is 5.75 Å². The lowest BCUT2D eigenvalue weighted by atomic mass is 9.66. The van der Waals surface area contributed by atoms with Crippen molar-refractivity contribution in [3.05, 3.63) is 77.3 Å². The maximum Gasteiger partial charge on any atom is 0.306 e. The highest BCUT2D eigenvalue weighted by molar-refractivity contribution is 5.99. The molecule has 0 amide bonds. The van der Waals surface area contributed by atoms with Crippen LogP contribution in [0, 0.1) is 23.7 Å². The van der Waals surface area contributed by atoms with E-state index in [0.717, 1.165) is 36.2 Å². The van der Waals surface area contributed by atoms with Gasteiger partial charge < -0.3 is 51.9 Å². The van der Waals surface area contributed by atoms with Crippen molar-refractivity contribution in [3.63, 3.8) is 0 Å². The second-order valence-electron chi connectivity index (χ2n) is 20.2. The molecule has 3 aromatic rings. The van der Waals surface area contributed by atoms with Crippen LogP contribution in [0.2, 0.25) is 0 Å². The van der Waals surface area contributed by atoms with Crippen LogP contribution in [0.4, 0.5) is 0 Å². The normalized spacial score (nSPS) is 38.0. The van der Waals surface area contributed by atoms with Crippen LogP contribution >= 0.6 is 0 Å². The number of ketones is 1. The number of fused-ring (bicyclic) bond motifs is 10. The lowest BCUT2D eigenvalue weighted by Crippen LogP contribution is -2.59. The van der Waals surface area contributed by atoms with Crippen LogP contribution in [0.1, 0.15) is 114 Å². The minimum absolute atomic E-state index is 0.00637. The number of esters is 1. The number of hydrogen-bond donors (Lipinski definition) is 0. The number of imidazole rings is 1. The van der Waals surface area contributed by atoms with Crippen LogP contribution in [0.3, 0.4) is 0 Å². The average Bonchev–Trinajstić information content (AvgIpc) is 4.03. The molecule has 1 saturated carbocycles. The summed E-state index contributed by atoms with van der Waals surface area (Å²) in [6.07, 6.45) is 6.82. The first-order valence-corrected chi connectivity index (χ1v) is 24.9. The molecule has 3 saturated heterocycles. The largest absolute Gasteiger partial charge is 0.485 e. The van der Waals surface area contributed by atoms with Crippen molar-refractivity contribution < 1.29 is 52.2 Å². The fraction of sp³-hybridized carbons (Fsp3) is 0.679. The van der Waals surface area contributed by atoms with Crippen molar-refractivity contribution in [1.29, 1.82) is 0 Å². The summed E-state index contributed by atoms with van der Waals surface area (Å²) in [6, 6.07) is 14.4. The van der Waals surface area contributed by atoms with Crippen LogP contribution in [-0.4, -0.2) is 129 Å². The third-order valence-electron chi connectivity index (χ3n) is 16.1. The van der Waals surface area contributed by atoms with Crippen LogP contribution in [0.25, 0.3) is 5.65 Å². The van der Waals surface area contributed by atoms with E-state index in [9.17, 15) is 4.79 Å². The summed E-state index contributed by atoms with van der Waals surface area (Å²) in [5.41, 5.74) is 4.43. The van der Waals surface area contributed by atoms with Gasteiger partial charge in [-0.2, -0.15) is 0 Å². The Morgan fingerprint density at radius 1 is 0.836 bits per heavy atom. The molecule has 0 N–H and O–H groups in total. The fourth-order valence-electron chi connectivity index (χ4n) is 12.8. The Bertz CT molecular complexity index is 2220. The van der Waals surface area contributed by atoms with Crippen LogP contribution in [0.15, 0.2) is 60.3 Å². The van der Waals surface area contributed by atoms with E-state index >= 15 is 4.79 Å². The molecule has 14 heteroatoms. The summed E-state index contributed by atoms with van der Waals surface area (Å²) in [5, 5.41) is 0. The van der Waals surface area contributed by atoms with E-state index in [0.29, 0.717) is 61.7 Å². The average molecular weight is 928 g/mol. The zero-order chi connectivity index (χ0) is 47.1. The van der Waals surface area contributed by atoms with Gasteiger partial charge in [-0.25, -0.2) is 4.98 Å². The molecule has 4 fully saturated rings. The number of rotatable bonds is 12. The van der Waals surface area contributed by atoms with E-state index in [-0.39, 0.29) is 78.5 Å². The first-order valence-electron chi connectivity index (χ1n) is 24.9. The van der Waals surface area contributed by atoms with Gasteiger partial charge >= 0.3 is 5.97 Å². The number of Topliss-reactive ketones (excluding diaryl/α,β-unsaturated/α-hetero) is 1. The van der Waals surface area contributed by atoms with E-state index in [4.69, 9.17) is 47.6 Å². The lowest BCUT2D eigenvalue weighted by molar-refractivity contribution is -0.314. The van der Waals surface area contributed by atoms with Crippen molar-refractivity contribution in [2.45, 2.75) is 171 Å². The summed E-state index contributed by atoms with van der Waals surface area (Å²) in [4.78, 5) is 37.3. The van der Waals surface area contributed by atoms with Gasteiger partial charge in [0.25, 0.3) is 0 Å². The number of benzene rings is 1. The number of likely N-dealkylation sites (N-methyl/N-ethyl adjacent to an activating group) is 1. The molecule has 2 aromatic heterocycles. The molecule has 366 valence electrons. The molecule has 0 radical (unpaired) electrons. The highest BCUT2D eigenvalue weighted by Crippen LogP contribution is 2.62. The summed E-state index contributed by atoms with van der Waals surface area (Å²) in [6.45, 7) is 8.54. The molecule has 9 rings (SSSR count). The van der Waals surface area contributed by atoms with Crippen molar-refractivity contribution >= 4 is 17.4 Å². The number of pyridine rings is 1. The van der Waals surface area contributed by atoms with Crippen LogP contribution in [-0.2, 0) is 54.1 Å². The summed E-state index contributed by atoms with van der Waals surface area (Å²) in [5.74, 6) is -0.792. The number of hydrogen-bond acceptors (Lipinski definition) is 13. The van der Waals surface area contributed by atoms with Gasteiger partial charge in [-0.1, -0.05) is 50.3 Å². The fourth-order valence-corrected chi connectivity index (χ4v) is 12.8. The van der Waals surface area contributed by atoms with E-state index in [1.807, 2.05) is 56.3 Å². The molecule has 67 heavy (non-hydrogen) atoms. The van der Waals surface area contributed by atoms with Gasteiger partial charge in [-0.3, -0.25) is 9.59 Å². The quantitative estimate of drug-likeness (QED) is 0.164. The van der Waals surface area contributed by atoms with Crippen molar-refractivity contribution in [2.75, 3.05) is 35.4 Å².